The Hall–Kier alpha value is -3.53. The van der Waals surface area contributed by atoms with Gasteiger partial charge in [0.25, 0.3) is 0 Å². The first-order valence-electron chi connectivity index (χ1n) is 20.8. The van der Waals surface area contributed by atoms with Crippen LogP contribution in [0.25, 0.3) is 11.2 Å². The number of rotatable bonds is 11. The molecule has 0 aromatic carbocycles. The van der Waals surface area contributed by atoms with E-state index < -0.39 is 83.4 Å². The summed E-state index contributed by atoms with van der Waals surface area (Å²) in [6.45, 7) is 19.2. The maximum atomic E-state index is 14.8. The summed E-state index contributed by atoms with van der Waals surface area (Å²) < 4.78 is 33.4. The molecule has 1 N–H and O–H groups in total. The predicted octanol–water partition coefficient (Wildman–Crippen LogP) is 5.54. The van der Waals surface area contributed by atoms with Crippen LogP contribution in [0.1, 0.15) is 108 Å². The van der Waals surface area contributed by atoms with Crippen LogP contribution in [0.5, 0.6) is 0 Å². The van der Waals surface area contributed by atoms with Crippen LogP contribution in [0.4, 0.5) is 4.79 Å². The van der Waals surface area contributed by atoms with Crippen LogP contribution < -0.4 is 0 Å². The summed E-state index contributed by atoms with van der Waals surface area (Å²) in [7, 11) is 1.50. The minimum Gasteiger partial charge on any atom is -0.457 e. The normalized spacial score (nSPS) is 37.3. The summed E-state index contributed by atoms with van der Waals surface area (Å²) in [5.74, 6) is -4.87. The number of aromatic nitrogens is 4. The Morgan fingerprint density at radius 2 is 1.70 bits per heavy atom. The molecule has 2 aromatic heterocycles. The van der Waals surface area contributed by atoms with Crippen LogP contribution >= 0.6 is 0 Å². The summed E-state index contributed by atoms with van der Waals surface area (Å²) in [6.07, 6.45) is 2.97. The van der Waals surface area contributed by atoms with E-state index in [1.165, 1.54) is 20.4 Å². The highest BCUT2D eigenvalue weighted by molar-refractivity contribution is 6.00. The van der Waals surface area contributed by atoms with Gasteiger partial charge in [-0.15, -0.1) is 0 Å². The molecule has 13 atom stereocenters. The van der Waals surface area contributed by atoms with E-state index in [4.69, 9.17) is 23.7 Å². The second-order valence-electron chi connectivity index (χ2n) is 17.5. The number of unbranched alkanes of at least 4 members (excludes halogenated alkanes) is 1. The first-order chi connectivity index (χ1) is 26.9. The van der Waals surface area contributed by atoms with Crippen molar-refractivity contribution in [3.05, 3.63) is 18.9 Å². The molecule has 57 heavy (non-hydrogen) atoms. The lowest BCUT2D eigenvalue weighted by molar-refractivity contribution is -0.299. The zero-order chi connectivity index (χ0) is 42.0. The molecular formula is C42H65N5O10. The minimum absolute atomic E-state index is 0.114. The molecule has 0 radical (unpaired) electrons. The molecule has 2 aromatic rings. The van der Waals surface area contributed by atoms with Crippen LogP contribution in [-0.2, 0) is 44.6 Å². The van der Waals surface area contributed by atoms with Crippen LogP contribution in [-0.4, -0.2) is 115 Å². The molecule has 318 valence electrons. The maximum Gasteiger partial charge on any atom is 0.410 e. The molecule has 3 aliphatic heterocycles. The van der Waals surface area contributed by atoms with Gasteiger partial charge in [0.2, 0.25) is 0 Å². The molecule has 15 heteroatoms. The first-order valence-corrected chi connectivity index (χ1v) is 20.8. The first kappa shape index (κ1) is 44.6. The van der Waals surface area contributed by atoms with Gasteiger partial charge in [-0.2, -0.15) is 0 Å². The molecule has 3 saturated heterocycles. The van der Waals surface area contributed by atoms with E-state index in [1.54, 1.807) is 45.1 Å². The number of hydrogen-bond donors (Lipinski definition) is 1. The van der Waals surface area contributed by atoms with Crippen LogP contribution in [0.3, 0.4) is 0 Å². The number of nitrogens with zero attached hydrogens (tertiary/aromatic N) is 5. The lowest BCUT2D eigenvalue weighted by Crippen LogP contribution is -2.59. The number of carbonyl (C=O) groups excluding carboxylic acids is 4. The van der Waals surface area contributed by atoms with Crippen molar-refractivity contribution in [1.29, 1.82) is 0 Å². The maximum absolute atomic E-state index is 14.8. The molecule has 2 unspecified atom stereocenters. The van der Waals surface area contributed by atoms with Crippen molar-refractivity contribution in [2.75, 3.05) is 13.7 Å². The van der Waals surface area contributed by atoms with Gasteiger partial charge >= 0.3 is 12.1 Å². The summed E-state index contributed by atoms with van der Waals surface area (Å²) in [5.41, 5.74) is -1.25. The van der Waals surface area contributed by atoms with Gasteiger partial charge in [0.15, 0.2) is 23.3 Å². The van der Waals surface area contributed by atoms with Gasteiger partial charge in [0.05, 0.1) is 36.4 Å². The Bertz CT molecular complexity index is 1740. The number of aryl methyl sites for hydroxylation is 1. The Kier molecular flexibility index (Phi) is 14.2. The molecule has 1 amide bonds. The van der Waals surface area contributed by atoms with Gasteiger partial charge in [-0.05, 0) is 71.6 Å². The smallest absolute Gasteiger partial charge is 0.410 e. The highest BCUT2D eigenvalue weighted by Crippen LogP contribution is 2.44. The Morgan fingerprint density at radius 3 is 2.37 bits per heavy atom. The largest absolute Gasteiger partial charge is 0.457 e. The standard InChI is InChI=1S/C42H65N5O10/c1-12-15-31-42(10)35(47(40(52)57-42)17-14-13-16-46-22-45-30-20-43-21-44-37(30)46)26(6)32(48)24(4)19-41(9,53-11)36(27(7)33(49)28(8)38(51)55-31)56-39-34(50)29(23(2)3)18-25(5)54-39/h20-29,31,34-36,39,50H,12-19H2,1-11H3/t24-,25-,26+,27+,28-,29-,31?,34-,35+,36?,39+,41-,42-/m1/s1. The fourth-order valence-electron chi connectivity index (χ4n) is 9.58. The third kappa shape index (κ3) is 9.06. The number of aliphatic hydroxyl groups excluding tert-OH is 1. The average Bonchev–Trinajstić information content (AvgIpc) is 3.71. The number of carbonyl (C=O) groups is 4. The molecule has 3 fully saturated rings. The van der Waals surface area contributed by atoms with Gasteiger partial charge in [0, 0.05) is 38.0 Å². The van der Waals surface area contributed by atoms with E-state index in [9.17, 15) is 24.3 Å². The fourth-order valence-corrected chi connectivity index (χ4v) is 9.58. The molecule has 5 heterocycles. The number of hydrogen-bond acceptors (Lipinski definition) is 13. The van der Waals surface area contributed by atoms with E-state index in [2.05, 4.69) is 15.0 Å². The van der Waals surface area contributed by atoms with Gasteiger partial charge in [-0.25, -0.2) is 19.7 Å². The fraction of sp³-hybridized carbons (Fsp3) is 0.786. The average molecular weight is 800 g/mol. The molecular weight excluding hydrogens is 734 g/mol. The van der Waals surface area contributed by atoms with E-state index in [0.717, 1.165) is 5.65 Å². The SMILES string of the molecule is CCCC1OC(=O)[C@H](C)C(=O)[C@H](C)C(O[C@@H]2O[C@H](C)C[C@H](C(C)C)[C@H]2O)[C@](C)(OC)C[C@@H](C)C(=O)[C@H](C)[C@@H]2N(CCCCn3cnc4cncnc43)C(=O)O[C@]12C. The summed E-state index contributed by atoms with van der Waals surface area (Å²) in [5, 5.41) is 11.5. The summed E-state index contributed by atoms with van der Waals surface area (Å²) in [4.78, 5) is 71.4. The molecule has 0 saturated carbocycles. The predicted molar refractivity (Wildman–Crippen MR) is 210 cm³/mol. The van der Waals surface area contributed by atoms with Crippen molar-refractivity contribution >= 4 is 34.8 Å². The third-order valence-electron chi connectivity index (χ3n) is 12.9. The molecule has 5 rings (SSSR count). The van der Waals surface area contributed by atoms with Crippen LogP contribution in [0.15, 0.2) is 18.9 Å². The van der Waals surface area contributed by atoms with Crippen molar-refractivity contribution in [2.24, 2.45) is 35.5 Å². The lowest BCUT2D eigenvalue weighted by Gasteiger charge is -2.47. The number of ether oxygens (including phenoxy) is 5. The Balaban J connectivity index is 1.48. The van der Waals surface area contributed by atoms with Crippen molar-refractivity contribution in [2.45, 2.75) is 162 Å². The molecule has 0 bridgehead atoms. The van der Waals surface area contributed by atoms with Gasteiger partial charge in [0.1, 0.15) is 35.8 Å². The quantitative estimate of drug-likeness (QED) is 0.170. The van der Waals surface area contributed by atoms with Crippen molar-refractivity contribution < 1.29 is 48.0 Å². The van der Waals surface area contributed by atoms with Gasteiger partial charge < -0.3 is 38.3 Å². The monoisotopic (exact) mass is 799 g/mol. The van der Waals surface area contributed by atoms with Crippen LogP contribution in [0, 0.1) is 35.5 Å². The number of Topliss-reactive ketones (excluding diaryl/α,β-unsaturated/α-hetero) is 2. The molecule has 3 aliphatic rings. The lowest BCUT2D eigenvalue weighted by atomic mass is 9.73. The number of fused-ring (bicyclic) bond motifs is 2. The number of esters is 1. The number of methoxy groups -OCH3 is 1. The van der Waals surface area contributed by atoms with E-state index >= 15 is 0 Å². The van der Waals surface area contributed by atoms with Gasteiger partial charge in [-0.1, -0.05) is 48.0 Å². The topological polar surface area (TPSA) is 181 Å². The Morgan fingerprint density at radius 1 is 1.00 bits per heavy atom. The second-order valence-corrected chi connectivity index (χ2v) is 17.5. The van der Waals surface area contributed by atoms with Gasteiger partial charge in [-0.3, -0.25) is 14.4 Å². The van der Waals surface area contributed by atoms with Crippen molar-refractivity contribution in [3.8, 4) is 0 Å². The third-order valence-corrected chi connectivity index (χ3v) is 12.9. The second kappa shape index (κ2) is 18.2. The molecule has 0 aliphatic carbocycles. The number of imidazole rings is 1. The van der Waals surface area contributed by atoms with Crippen molar-refractivity contribution in [1.82, 2.24) is 24.4 Å². The van der Waals surface area contributed by atoms with Crippen molar-refractivity contribution in [3.63, 3.8) is 0 Å². The zero-order valence-corrected chi connectivity index (χ0v) is 35.7. The number of ketones is 2. The zero-order valence-electron chi connectivity index (χ0n) is 35.7. The summed E-state index contributed by atoms with van der Waals surface area (Å²) in [6, 6.07) is -0.792. The number of aliphatic hydroxyl groups is 1. The molecule has 15 nitrogen and oxygen atoms in total. The number of cyclic esters (lactones) is 1. The van der Waals surface area contributed by atoms with E-state index in [-0.39, 0.29) is 36.7 Å². The Labute approximate surface area is 336 Å². The molecule has 0 spiro atoms. The highest BCUT2D eigenvalue weighted by atomic mass is 16.7. The number of amides is 1. The minimum atomic E-state index is -1.40. The van der Waals surface area contributed by atoms with E-state index in [0.29, 0.717) is 44.2 Å². The summed E-state index contributed by atoms with van der Waals surface area (Å²) >= 11 is 0. The highest BCUT2D eigenvalue weighted by Gasteiger charge is 2.60. The van der Waals surface area contributed by atoms with Crippen LogP contribution in [0.2, 0.25) is 0 Å². The van der Waals surface area contributed by atoms with E-state index in [1.807, 2.05) is 39.2 Å².